The van der Waals surface area contributed by atoms with E-state index in [4.69, 9.17) is 14.2 Å². The number of nitrogens with zero attached hydrogens (tertiary/aromatic N) is 1. The molecule has 0 radical (unpaired) electrons. The summed E-state index contributed by atoms with van der Waals surface area (Å²) in [6.07, 6.45) is 7.78. The van der Waals surface area contributed by atoms with Gasteiger partial charge in [0.15, 0.2) is 11.5 Å². The second-order valence-corrected chi connectivity index (χ2v) is 14.8. The molecule has 4 bridgehead atoms. The Morgan fingerprint density at radius 3 is 2.43 bits per heavy atom. The molecule has 6 aliphatic rings. The van der Waals surface area contributed by atoms with E-state index in [1.807, 2.05) is 4.90 Å². The number of carbonyl (C=O) groups excluding carboxylic acids is 2. The molecule has 11 heteroatoms. The lowest BCUT2D eigenvalue weighted by molar-refractivity contribution is -0.156. The number of methoxy groups -OCH3 is 1. The Balaban J connectivity index is 1.35. The molecular weight excluding hydrogens is 679 g/mol. The third-order valence-corrected chi connectivity index (χ3v) is 11.3. The maximum atomic E-state index is 14.3. The van der Waals surface area contributed by atoms with Gasteiger partial charge in [0.25, 0.3) is 5.91 Å². The molecule has 242 valence electrons. The molecule has 44 heavy (non-hydrogen) atoms. The Morgan fingerprint density at radius 1 is 1.14 bits per heavy atom. The van der Waals surface area contributed by atoms with Crippen molar-refractivity contribution in [3.63, 3.8) is 0 Å². The Morgan fingerprint density at radius 2 is 1.84 bits per heavy atom. The molecule has 5 aliphatic carbocycles. The van der Waals surface area contributed by atoms with Gasteiger partial charge in [-0.3, -0.25) is 9.59 Å². The first-order valence-electron chi connectivity index (χ1n) is 16.1. The van der Waals surface area contributed by atoms with E-state index in [1.54, 1.807) is 18.2 Å². The lowest BCUT2D eigenvalue weighted by Gasteiger charge is -2.58. The number of ether oxygens (including phenoxy) is 3. The van der Waals surface area contributed by atoms with Crippen molar-refractivity contribution in [2.24, 2.45) is 23.2 Å². The van der Waals surface area contributed by atoms with Gasteiger partial charge in [0.1, 0.15) is 18.3 Å². The van der Waals surface area contributed by atoms with Gasteiger partial charge in [0.2, 0.25) is 5.91 Å². The van der Waals surface area contributed by atoms with E-state index in [-0.39, 0.29) is 43.4 Å². The van der Waals surface area contributed by atoms with E-state index in [1.165, 1.54) is 26.4 Å². The van der Waals surface area contributed by atoms with Crippen LogP contribution in [0.5, 0.6) is 11.5 Å². The molecular formula is C33H45IN2O8. The average Bonchev–Trinajstić information content (AvgIpc) is 3.55. The molecule has 1 aromatic rings. The lowest BCUT2D eigenvalue weighted by Crippen LogP contribution is -2.61. The molecule has 4 atom stereocenters. The molecule has 7 rings (SSSR count). The molecule has 1 heterocycles. The third kappa shape index (κ3) is 6.49. The summed E-state index contributed by atoms with van der Waals surface area (Å²) in [6.45, 7) is 0.807. The molecule has 1 aromatic carbocycles. The number of hydrogen-bond donors (Lipinski definition) is 4. The number of carbonyl (C=O) groups is 2. The van der Waals surface area contributed by atoms with Crippen LogP contribution in [0.25, 0.3) is 0 Å². The number of nitrogens with one attached hydrogen (secondary N) is 1. The zero-order valence-electron chi connectivity index (χ0n) is 25.4. The second-order valence-electron chi connectivity index (χ2n) is 13.7. The van der Waals surface area contributed by atoms with Gasteiger partial charge >= 0.3 is 0 Å². The molecule has 1 aliphatic heterocycles. The van der Waals surface area contributed by atoms with Crippen molar-refractivity contribution in [2.45, 2.75) is 88.7 Å². The van der Waals surface area contributed by atoms with Crippen LogP contribution in [0, 0.1) is 26.7 Å². The number of rotatable bonds is 11. The van der Waals surface area contributed by atoms with E-state index in [0.717, 1.165) is 25.7 Å². The van der Waals surface area contributed by atoms with Crippen LogP contribution in [0.15, 0.2) is 23.8 Å². The largest absolute Gasteiger partial charge is 0.493 e. The zero-order chi connectivity index (χ0) is 31.0. The standard InChI is InChI=1S/C33H45IN2O8/c1-42-28-11-22(17-38)10-24(34)30(28)44-27-13-23(31(40)35-4-5-37)12-25(29(27)39)36(32(41)26-3-2-6-43-26)18-33-14-19-7-20(15-33)9-21(8-19)16-33/h10-11,13,19-21,25-27,29,37-39H,2-9,12,14-18H2,1H3,(H,35,40). The molecule has 0 aromatic heterocycles. The third-order valence-electron chi connectivity index (χ3n) is 10.5. The van der Waals surface area contributed by atoms with Crippen LogP contribution in [0.2, 0.25) is 0 Å². The summed E-state index contributed by atoms with van der Waals surface area (Å²) in [6, 6.07) is 2.76. The zero-order valence-corrected chi connectivity index (χ0v) is 27.5. The van der Waals surface area contributed by atoms with Crippen LogP contribution in [0.1, 0.15) is 63.4 Å². The van der Waals surface area contributed by atoms with Gasteiger partial charge in [0, 0.05) is 31.7 Å². The summed E-state index contributed by atoms with van der Waals surface area (Å²) < 4.78 is 18.6. The van der Waals surface area contributed by atoms with Gasteiger partial charge in [-0.25, -0.2) is 0 Å². The first-order valence-corrected chi connectivity index (χ1v) is 17.1. The molecule has 1 saturated heterocycles. The monoisotopic (exact) mass is 724 g/mol. The fraction of sp³-hybridized carbons (Fsp3) is 0.697. The number of benzene rings is 1. The van der Waals surface area contributed by atoms with Crippen LogP contribution in [0.4, 0.5) is 0 Å². The van der Waals surface area contributed by atoms with Crippen LogP contribution in [-0.2, 0) is 20.9 Å². The molecule has 4 saturated carbocycles. The van der Waals surface area contributed by atoms with Crippen LogP contribution in [0.3, 0.4) is 0 Å². The van der Waals surface area contributed by atoms with Gasteiger partial charge in [-0.1, -0.05) is 0 Å². The highest BCUT2D eigenvalue weighted by Crippen LogP contribution is 2.60. The highest BCUT2D eigenvalue weighted by Gasteiger charge is 2.53. The summed E-state index contributed by atoms with van der Waals surface area (Å²) in [5.41, 5.74) is 1.07. The van der Waals surface area contributed by atoms with E-state index < -0.39 is 24.4 Å². The predicted molar refractivity (Wildman–Crippen MR) is 170 cm³/mol. The maximum absolute atomic E-state index is 14.3. The van der Waals surface area contributed by atoms with Crippen molar-refractivity contribution >= 4 is 34.4 Å². The smallest absolute Gasteiger partial charge is 0.252 e. The SMILES string of the molecule is COc1cc(CO)cc(I)c1OC1C=C(C(=O)NCCO)CC(N(CC23CC4CC(CC(C4)C2)C3)C(=O)C2CCCO2)C1O. The number of aliphatic hydroxyl groups excluding tert-OH is 3. The van der Waals surface area contributed by atoms with E-state index in [0.29, 0.717) is 63.5 Å². The first kappa shape index (κ1) is 32.0. The van der Waals surface area contributed by atoms with Gasteiger partial charge in [-0.15, -0.1) is 0 Å². The predicted octanol–water partition coefficient (Wildman–Crippen LogP) is 2.93. The maximum Gasteiger partial charge on any atom is 0.252 e. The highest BCUT2D eigenvalue weighted by atomic mass is 127. The Hall–Kier alpha value is -1.93. The van der Waals surface area contributed by atoms with Gasteiger partial charge in [-0.05, 0) is 121 Å². The summed E-state index contributed by atoms with van der Waals surface area (Å²) in [7, 11) is 1.51. The minimum Gasteiger partial charge on any atom is -0.493 e. The number of hydrogen-bond acceptors (Lipinski definition) is 8. The number of aliphatic hydroxyl groups is 3. The lowest BCUT2D eigenvalue weighted by atomic mass is 9.49. The quantitative estimate of drug-likeness (QED) is 0.256. The molecule has 2 amide bonds. The summed E-state index contributed by atoms with van der Waals surface area (Å²) in [4.78, 5) is 29.5. The fourth-order valence-corrected chi connectivity index (χ4v) is 9.85. The molecule has 5 fully saturated rings. The summed E-state index contributed by atoms with van der Waals surface area (Å²) in [5.74, 6) is 2.41. The molecule has 4 N–H and O–H groups in total. The van der Waals surface area contributed by atoms with Gasteiger partial charge in [0.05, 0.1) is 29.9 Å². The van der Waals surface area contributed by atoms with Crippen LogP contribution in [-0.4, -0.2) is 89.8 Å². The number of halogens is 1. The van der Waals surface area contributed by atoms with Gasteiger partial charge in [-0.2, -0.15) is 0 Å². The van der Waals surface area contributed by atoms with Crippen LogP contribution >= 0.6 is 22.6 Å². The van der Waals surface area contributed by atoms with Crippen molar-refractivity contribution in [1.82, 2.24) is 10.2 Å². The van der Waals surface area contributed by atoms with E-state index in [9.17, 15) is 24.9 Å². The Kier molecular flexibility index (Phi) is 9.78. The first-order chi connectivity index (χ1) is 21.2. The topological polar surface area (TPSA) is 138 Å². The van der Waals surface area contributed by atoms with Crippen molar-refractivity contribution in [2.75, 3.05) is 33.4 Å². The van der Waals surface area contributed by atoms with Crippen LogP contribution < -0.4 is 14.8 Å². The summed E-state index contributed by atoms with van der Waals surface area (Å²) >= 11 is 2.10. The molecule has 4 unspecified atom stereocenters. The summed E-state index contributed by atoms with van der Waals surface area (Å²) in [5, 5.41) is 33.8. The fourth-order valence-electron chi connectivity index (χ4n) is 9.06. The van der Waals surface area contributed by atoms with Crippen molar-refractivity contribution < 1.29 is 39.1 Å². The minimum atomic E-state index is -1.12. The Bertz CT molecular complexity index is 1230. The molecule has 0 spiro atoms. The Labute approximate surface area is 272 Å². The van der Waals surface area contributed by atoms with E-state index in [2.05, 4.69) is 27.9 Å². The second kappa shape index (κ2) is 13.4. The van der Waals surface area contributed by atoms with E-state index >= 15 is 0 Å². The molecule has 10 nitrogen and oxygen atoms in total. The normalized spacial score (nSPS) is 34.0. The van der Waals surface area contributed by atoms with Crippen molar-refractivity contribution in [1.29, 1.82) is 0 Å². The van der Waals surface area contributed by atoms with Crippen molar-refractivity contribution in [3.8, 4) is 11.5 Å². The average molecular weight is 725 g/mol. The minimum absolute atomic E-state index is 0.0122. The van der Waals surface area contributed by atoms with Gasteiger partial charge < -0.3 is 39.7 Å². The highest BCUT2D eigenvalue weighted by molar-refractivity contribution is 14.1. The van der Waals surface area contributed by atoms with Crippen molar-refractivity contribution in [3.05, 3.63) is 32.9 Å². The number of amides is 2.